The monoisotopic (exact) mass is 343 g/mol. The average Bonchev–Trinajstić information content (AvgIpc) is 2.56. The lowest BCUT2D eigenvalue weighted by Gasteiger charge is -2.32. The molecule has 0 unspecified atom stereocenters. The van der Waals surface area contributed by atoms with Gasteiger partial charge in [0.2, 0.25) is 11.8 Å². The molecule has 1 aliphatic carbocycles. The number of carboxylic acids is 1. The number of allylic oxidation sites excluding steroid dienone is 2. The summed E-state index contributed by atoms with van der Waals surface area (Å²) in [7, 11) is 1.67. The van der Waals surface area contributed by atoms with Crippen molar-refractivity contribution in [3.05, 3.63) is 35.4 Å². The number of rotatable bonds is 4. The Labute approximate surface area is 147 Å². The predicted molar refractivity (Wildman–Crippen MR) is 93.8 cm³/mol. The van der Waals surface area contributed by atoms with Crippen molar-refractivity contribution in [1.82, 2.24) is 0 Å². The first kappa shape index (κ1) is 18.7. The van der Waals surface area contributed by atoms with Crippen LogP contribution in [0.4, 0.5) is 11.4 Å². The number of hydrogen-bond donors (Lipinski definition) is 1. The largest absolute Gasteiger partial charge is 0.550 e. The number of nitrogens with one attached hydrogen (secondary N) is 1. The molecule has 6 nitrogen and oxygen atoms in total. The number of amides is 2. The van der Waals surface area contributed by atoms with Gasteiger partial charge >= 0.3 is 0 Å². The van der Waals surface area contributed by atoms with Crippen molar-refractivity contribution in [1.29, 1.82) is 0 Å². The minimum atomic E-state index is -1.19. The molecule has 0 spiro atoms. The first-order chi connectivity index (χ1) is 11.7. The molecule has 1 N–H and O–H groups in total. The Morgan fingerprint density at radius 3 is 2.04 bits per heavy atom. The minimum Gasteiger partial charge on any atom is -0.550 e. The van der Waals surface area contributed by atoms with E-state index in [1.807, 2.05) is 13.8 Å². The van der Waals surface area contributed by atoms with Gasteiger partial charge in [0.05, 0.1) is 5.92 Å². The Morgan fingerprint density at radius 1 is 1.04 bits per heavy atom. The van der Waals surface area contributed by atoms with E-state index in [1.54, 1.807) is 31.3 Å². The molecule has 1 aromatic rings. The number of carbonyl (C=O) groups excluding carboxylic acids is 3. The second-order valence-corrected chi connectivity index (χ2v) is 6.62. The summed E-state index contributed by atoms with van der Waals surface area (Å²) in [6.45, 7) is 5.29. The van der Waals surface area contributed by atoms with Crippen LogP contribution >= 0.6 is 0 Å². The average molecular weight is 343 g/mol. The molecule has 1 aliphatic rings. The maximum atomic E-state index is 12.6. The highest BCUT2D eigenvalue weighted by molar-refractivity contribution is 5.96. The smallest absolute Gasteiger partial charge is 0.228 e. The van der Waals surface area contributed by atoms with E-state index in [9.17, 15) is 19.5 Å². The van der Waals surface area contributed by atoms with E-state index in [1.165, 1.54) is 11.8 Å². The molecule has 0 fully saturated rings. The third-order valence-corrected chi connectivity index (χ3v) is 4.90. The molecule has 2 rings (SSSR count). The highest BCUT2D eigenvalue weighted by Crippen LogP contribution is 2.34. The van der Waals surface area contributed by atoms with E-state index < -0.39 is 17.8 Å². The summed E-state index contributed by atoms with van der Waals surface area (Å²) >= 11 is 0. The summed E-state index contributed by atoms with van der Waals surface area (Å²) in [5.41, 5.74) is 3.34. The van der Waals surface area contributed by atoms with Crippen molar-refractivity contribution >= 4 is 29.2 Å². The molecule has 0 bridgehead atoms. The quantitative estimate of drug-likeness (QED) is 0.843. The standard InChI is InChI=1S/C19H24N2O4/c1-11-9-16(17(19(24)25)10-12(11)2)18(23)20-14-5-7-15(8-6-14)21(4)13(3)22/h5-8,16-17H,9-10H2,1-4H3,(H,20,23)(H,24,25)/p-1/t16-,17+/m0/s1. The summed E-state index contributed by atoms with van der Waals surface area (Å²) in [5, 5.41) is 14.2. The van der Waals surface area contributed by atoms with Crippen molar-refractivity contribution in [3.8, 4) is 0 Å². The number of anilines is 2. The molecule has 6 heteroatoms. The Bertz CT molecular complexity index is 721. The Balaban J connectivity index is 2.13. The molecule has 25 heavy (non-hydrogen) atoms. The zero-order valence-electron chi connectivity index (χ0n) is 15.0. The lowest BCUT2D eigenvalue weighted by atomic mass is 9.76. The van der Waals surface area contributed by atoms with Gasteiger partial charge in [-0.25, -0.2) is 0 Å². The Hall–Kier alpha value is -2.63. The van der Waals surface area contributed by atoms with Gasteiger partial charge in [-0.3, -0.25) is 9.59 Å². The van der Waals surface area contributed by atoms with Crippen molar-refractivity contribution < 1.29 is 19.5 Å². The van der Waals surface area contributed by atoms with Crippen LogP contribution in [0.15, 0.2) is 35.4 Å². The molecule has 0 saturated carbocycles. The van der Waals surface area contributed by atoms with Gasteiger partial charge < -0.3 is 20.1 Å². The number of nitrogens with zero attached hydrogens (tertiary/aromatic N) is 1. The zero-order chi connectivity index (χ0) is 18.7. The van der Waals surface area contributed by atoms with Crippen LogP contribution in [-0.4, -0.2) is 24.8 Å². The number of benzene rings is 1. The van der Waals surface area contributed by atoms with Crippen LogP contribution in [0.1, 0.15) is 33.6 Å². The highest BCUT2D eigenvalue weighted by atomic mass is 16.4. The minimum absolute atomic E-state index is 0.0894. The number of carboxylic acid groups (broad SMARTS) is 1. The summed E-state index contributed by atoms with van der Waals surface area (Å²) in [4.78, 5) is 36.8. The van der Waals surface area contributed by atoms with E-state index in [2.05, 4.69) is 5.32 Å². The predicted octanol–water partition coefficient (Wildman–Crippen LogP) is 1.72. The van der Waals surface area contributed by atoms with Crippen molar-refractivity contribution in [2.75, 3.05) is 17.3 Å². The SMILES string of the molecule is CC(=O)N(C)c1ccc(NC(=O)[C@H]2CC(C)=C(C)C[C@H]2C(=O)[O-])cc1. The van der Waals surface area contributed by atoms with E-state index >= 15 is 0 Å². The van der Waals surface area contributed by atoms with Gasteiger partial charge in [0, 0.05) is 37.2 Å². The Kier molecular flexibility index (Phi) is 5.62. The first-order valence-electron chi connectivity index (χ1n) is 8.22. The lowest BCUT2D eigenvalue weighted by Crippen LogP contribution is -2.42. The second-order valence-electron chi connectivity index (χ2n) is 6.62. The molecule has 2 amide bonds. The molecule has 134 valence electrons. The van der Waals surface area contributed by atoms with E-state index in [0.29, 0.717) is 24.2 Å². The van der Waals surface area contributed by atoms with Crippen LogP contribution in [-0.2, 0) is 14.4 Å². The van der Waals surface area contributed by atoms with Crippen LogP contribution in [0.2, 0.25) is 0 Å². The normalized spacial score (nSPS) is 20.2. The van der Waals surface area contributed by atoms with Crippen LogP contribution in [0, 0.1) is 11.8 Å². The molecular formula is C19H23N2O4-. The molecular weight excluding hydrogens is 320 g/mol. The molecule has 0 heterocycles. The van der Waals surface area contributed by atoms with Gasteiger partial charge in [0.1, 0.15) is 0 Å². The maximum Gasteiger partial charge on any atom is 0.228 e. The molecule has 2 atom stereocenters. The summed E-state index contributed by atoms with van der Waals surface area (Å²) in [6.07, 6.45) is 0.760. The molecule has 1 aromatic carbocycles. The molecule has 0 saturated heterocycles. The summed E-state index contributed by atoms with van der Waals surface area (Å²) < 4.78 is 0. The van der Waals surface area contributed by atoms with Gasteiger partial charge in [0.15, 0.2) is 0 Å². The fourth-order valence-electron chi connectivity index (χ4n) is 3.00. The molecule has 0 aromatic heterocycles. The van der Waals surface area contributed by atoms with Crippen LogP contribution in [0.3, 0.4) is 0 Å². The van der Waals surface area contributed by atoms with Gasteiger partial charge in [-0.1, -0.05) is 11.1 Å². The van der Waals surface area contributed by atoms with Crippen LogP contribution in [0.5, 0.6) is 0 Å². The van der Waals surface area contributed by atoms with Gasteiger partial charge in [-0.2, -0.15) is 0 Å². The van der Waals surface area contributed by atoms with Crippen molar-refractivity contribution in [2.45, 2.75) is 33.6 Å². The lowest BCUT2D eigenvalue weighted by molar-refractivity contribution is -0.313. The van der Waals surface area contributed by atoms with Gasteiger partial charge in [-0.05, 0) is 51.0 Å². The first-order valence-corrected chi connectivity index (χ1v) is 8.22. The topological polar surface area (TPSA) is 89.5 Å². The summed E-state index contributed by atoms with van der Waals surface area (Å²) in [5.74, 6) is -3.06. The second kappa shape index (κ2) is 7.51. The number of hydrogen-bond acceptors (Lipinski definition) is 4. The molecule has 0 aliphatic heterocycles. The molecule has 0 radical (unpaired) electrons. The van der Waals surface area contributed by atoms with Crippen molar-refractivity contribution in [2.24, 2.45) is 11.8 Å². The van der Waals surface area contributed by atoms with Crippen LogP contribution < -0.4 is 15.3 Å². The number of carbonyl (C=O) groups is 3. The van der Waals surface area contributed by atoms with Gasteiger partial charge in [0.25, 0.3) is 0 Å². The zero-order valence-corrected chi connectivity index (χ0v) is 15.0. The summed E-state index contributed by atoms with van der Waals surface area (Å²) in [6, 6.07) is 6.84. The maximum absolute atomic E-state index is 12.6. The highest BCUT2D eigenvalue weighted by Gasteiger charge is 2.33. The van der Waals surface area contributed by atoms with Crippen molar-refractivity contribution in [3.63, 3.8) is 0 Å². The van der Waals surface area contributed by atoms with E-state index in [-0.39, 0.29) is 11.8 Å². The number of aliphatic carboxylic acids is 1. The van der Waals surface area contributed by atoms with Crippen LogP contribution in [0.25, 0.3) is 0 Å². The van der Waals surface area contributed by atoms with Gasteiger partial charge in [-0.15, -0.1) is 0 Å². The Morgan fingerprint density at radius 2 is 1.56 bits per heavy atom. The van der Waals surface area contributed by atoms with E-state index in [0.717, 1.165) is 11.1 Å². The fourth-order valence-corrected chi connectivity index (χ4v) is 3.00. The third-order valence-electron chi connectivity index (χ3n) is 4.90. The van der Waals surface area contributed by atoms with E-state index in [4.69, 9.17) is 0 Å². The fraction of sp³-hybridized carbons (Fsp3) is 0.421. The third kappa shape index (κ3) is 4.26.